The number of unbranched alkanes of at least 4 members (excludes halogenated alkanes) is 2. The molecule has 0 unspecified atom stereocenters. The third-order valence-corrected chi connectivity index (χ3v) is 10.6. The van der Waals surface area contributed by atoms with E-state index >= 15 is 0 Å². The van der Waals surface area contributed by atoms with Crippen molar-refractivity contribution in [2.75, 3.05) is 0 Å². The zero-order valence-electron chi connectivity index (χ0n) is 23.9. The Morgan fingerprint density at radius 1 is 0.667 bits per heavy atom. The van der Waals surface area contributed by atoms with Gasteiger partial charge in [0.1, 0.15) is 11.6 Å². The van der Waals surface area contributed by atoms with E-state index in [1.807, 2.05) is 0 Å². The van der Waals surface area contributed by atoms with Gasteiger partial charge < -0.3 is 0 Å². The van der Waals surface area contributed by atoms with E-state index in [1.54, 1.807) is 0 Å². The molecule has 3 aliphatic carbocycles. The molecule has 0 N–H and O–H groups in total. The molecular weight excluding hydrogens is 503 g/mol. The summed E-state index contributed by atoms with van der Waals surface area (Å²) in [5, 5.41) is 0. The van der Waals surface area contributed by atoms with E-state index in [0.29, 0.717) is 24.0 Å². The van der Waals surface area contributed by atoms with Gasteiger partial charge in [0.25, 0.3) is 0 Å². The first-order chi connectivity index (χ1) is 18.7. The number of hydrogen-bond acceptors (Lipinski definition) is 0. The van der Waals surface area contributed by atoms with Crippen LogP contribution in [-0.2, 0) is 6.42 Å². The van der Waals surface area contributed by atoms with Crippen LogP contribution in [0.4, 0.5) is 22.0 Å². The van der Waals surface area contributed by atoms with Crippen molar-refractivity contribution in [1.29, 1.82) is 0 Å². The lowest BCUT2D eigenvalue weighted by Gasteiger charge is -2.41. The molecule has 0 amide bonds. The lowest BCUT2D eigenvalue weighted by Crippen LogP contribution is -2.29. The molecule has 0 bridgehead atoms. The van der Waals surface area contributed by atoms with Gasteiger partial charge in [-0.1, -0.05) is 58.3 Å². The molecule has 0 nitrogen and oxygen atoms in total. The summed E-state index contributed by atoms with van der Waals surface area (Å²) >= 11 is 0. The fraction of sp³-hybridized carbons (Fsp3) is 0.765. The van der Waals surface area contributed by atoms with Gasteiger partial charge in [-0.3, -0.25) is 0 Å². The van der Waals surface area contributed by atoms with Gasteiger partial charge >= 0.3 is 6.18 Å². The highest BCUT2D eigenvalue weighted by Crippen LogP contribution is 2.46. The topological polar surface area (TPSA) is 0 Å². The van der Waals surface area contributed by atoms with Crippen molar-refractivity contribution in [1.82, 2.24) is 0 Å². The average molecular weight is 553 g/mol. The normalized spacial score (nSPS) is 30.6. The van der Waals surface area contributed by atoms with Crippen LogP contribution in [0.2, 0.25) is 0 Å². The second-order valence-electron chi connectivity index (χ2n) is 13.1. The first-order valence-electron chi connectivity index (χ1n) is 16.0. The summed E-state index contributed by atoms with van der Waals surface area (Å²) in [7, 11) is 0. The molecule has 3 aliphatic rings. The smallest absolute Gasteiger partial charge is 0.206 e. The van der Waals surface area contributed by atoms with Crippen LogP contribution in [0, 0.1) is 47.1 Å². The van der Waals surface area contributed by atoms with Crippen LogP contribution < -0.4 is 0 Å². The molecule has 0 atom stereocenters. The average Bonchev–Trinajstić information content (AvgIpc) is 2.92. The predicted molar refractivity (Wildman–Crippen MR) is 150 cm³/mol. The maximum Gasteiger partial charge on any atom is 0.409 e. The molecular formula is C34H49F5. The largest absolute Gasteiger partial charge is 0.409 e. The Morgan fingerprint density at radius 3 is 1.54 bits per heavy atom. The first-order valence-corrected chi connectivity index (χ1v) is 16.0. The number of hydrogen-bond donors (Lipinski definition) is 0. The number of halogens is 5. The van der Waals surface area contributed by atoms with E-state index in [9.17, 15) is 22.0 Å². The maximum absolute atomic E-state index is 14.3. The summed E-state index contributed by atoms with van der Waals surface area (Å²) in [6, 6.07) is 2.39. The quantitative estimate of drug-likeness (QED) is 0.200. The van der Waals surface area contributed by atoms with E-state index in [0.717, 1.165) is 36.0 Å². The Hall–Kier alpha value is -1.39. The van der Waals surface area contributed by atoms with Crippen molar-refractivity contribution in [2.45, 2.75) is 129 Å². The zero-order chi connectivity index (χ0) is 27.8. The summed E-state index contributed by atoms with van der Waals surface area (Å²) in [4.78, 5) is 0. The van der Waals surface area contributed by atoms with Crippen molar-refractivity contribution in [2.24, 2.45) is 35.5 Å². The number of aryl methyl sites for hydroxylation is 1. The third kappa shape index (κ3) is 9.32. The van der Waals surface area contributed by atoms with Gasteiger partial charge in [0.15, 0.2) is 0 Å². The van der Waals surface area contributed by atoms with Crippen LogP contribution in [0.25, 0.3) is 6.08 Å². The van der Waals surface area contributed by atoms with Crippen molar-refractivity contribution in [3.63, 3.8) is 0 Å². The zero-order valence-corrected chi connectivity index (χ0v) is 23.9. The van der Waals surface area contributed by atoms with Crippen LogP contribution in [0.15, 0.2) is 18.2 Å². The second kappa shape index (κ2) is 14.5. The molecule has 1 aromatic carbocycles. The van der Waals surface area contributed by atoms with E-state index in [4.69, 9.17) is 0 Å². The van der Waals surface area contributed by atoms with Crippen molar-refractivity contribution >= 4 is 6.08 Å². The Bertz CT molecular complexity index is 872. The van der Waals surface area contributed by atoms with Gasteiger partial charge in [0, 0.05) is 11.6 Å². The van der Waals surface area contributed by atoms with Crippen LogP contribution in [0.1, 0.15) is 127 Å². The van der Waals surface area contributed by atoms with Gasteiger partial charge in [-0.25, -0.2) is 8.78 Å². The number of allylic oxidation sites excluding steroid dienone is 1. The SMILES string of the molecule is CCCCCC1CCC(C2CCC(C3CCC(CCc4cc(F)c(/C=C/C(F)(F)F)c(F)c4)CC3)CC2)CC1. The molecule has 0 heterocycles. The van der Waals surface area contributed by atoms with Crippen LogP contribution in [0.3, 0.4) is 0 Å². The van der Waals surface area contributed by atoms with Crippen LogP contribution in [-0.4, -0.2) is 6.18 Å². The number of alkyl halides is 3. The molecule has 0 aliphatic heterocycles. The molecule has 0 aromatic heterocycles. The molecule has 3 fully saturated rings. The fourth-order valence-corrected chi connectivity index (χ4v) is 8.16. The fourth-order valence-electron chi connectivity index (χ4n) is 8.16. The van der Waals surface area contributed by atoms with E-state index in [-0.39, 0.29) is 6.08 Å². The minimum absolute atomic E-state index is 0.125. The molecule has 0 spiro atoms. The molecule has 4 rings (SSSR count). The Morgan fingerprint density at radius 2 is 1.10 bits per heavy atom. The Balaban J connectivity index is 1.14. The molecule has 3 saturated carbocycles. The van der Waals surface area contributed by atoms with Gasteiger partial charge in [-0.2, -0.15) is 13.2 Å². The van der Waals surface area contributed by atoms with Gasteiger partial charge in [0.2, 0.25) is 0 Å². The Labute approximate surface area is 233 Å². The summed E-state index contributed by atoms with van der Waals surface area (Å²) in [6.07, 6.45) is 19.3. The van der Waals surface area contributed by atoms with E-state index in [1.165, 1.54) is 115 Å². The lowest BCUT2D eigenvalue weighted by atomic mass is 9.64. The van der Waals surface area contributed by atoms with E-state index < -0.39 is 23.4 Å². The Kier molecular flexibility index (Phi) is 11.4. The molecule has 0 saturated heterocycles. The maximum atomic E-state index is 14.3. The second-order valence-corrected chi connectivity index (χ2v) is 13.1. The minimum Gasteiger partial charge on any atom is -0.206 e. The first kappa shape index (κ1) is 30.6. The summed E-state index contributed by atoms with van der Waals surface area (Å²) in [6.45, 7) is 2.29. The molecule has 5 heteroatoms. The number of benzene rings is 1. The summed E-state index contributed by atoms with van der Waals surface area (Å²) in [5.41, 5.74) is -0.0917. The highest BCUT2D eigenvalue weighted by Gasteiger charge is 2.34. The van der Waals surface area contributed by atoms with E-state index in [2.05, 4.69) is 6.92 Å². The van der Waals surface area contributed by atoms with Crippen molar-refractivity contribution < 1.29 is 22.0 Å². The third-order valence-electron chi connectivity index (χ3n) is 10.6. The standard InChI is InChI=1S/C34H49F5/c1-2-3-4-5-24-8-12-27(13-9-24)29-16-18-30(19-17-29)28-14-10-25(11-15-28)6-7-26-22-32(35)31(33(36)23-26)20-21-34(37,38)39/h20-25,27-30H,2-19H2,1H3/b21-20+. The predicted octanol–water partition coefficient (Wildman–Crippen LogP) is 11.5. The minimum atomic E-state index is -4.59. The van der Waals surface area contributed by atoms with Crippen LogP contribution >= 0.6 is 0 Å². The van der Waals surface area contributed by atoms with Crippen molar-refractivity contribution in [3.05, 3.63) is 41.0 Å². The van der Waals surface area contributed by atoms with Crippen molar-refractivity contribution in [3.8, 4) is 0 Å². The van der Waals surface area contributed by atoms with Gasteiger partial charge in [0.05, 0.1) is 0 Å². The number of rotatable bonds is 10. The van der Waals surface area contributed by atoms with Gasteiger partial charge in [-0.05, 0) is 123 Å². The molecule has 220 valence electrons. The lowest BCUT2D eigenvalue weighted by molar-refractivity contribution is -0.0790. The molecule has 39 heavy (non-hydrogen) atoms. The highest BCUT2D eigenvalue weighted by atomic mass is 19.4. The highest BCUT2D eigenvalue weighted by molar-refractivity contribution is 5.52. The van der Waals surface area contributed by atoms with Gasteiger partial charge in [-0.15, -0.1) is 0 Å². The van der Waals surface area contributed by atoms with Crippen LogP contribution in [0.5, 0.6) is 0 Å². The molecule has 0 radical (unpaired) electrons. The summed E-state index contributed by atoms with van der Waals surface area (Å²) in [5.74, 6) is 3.38. The monoisotopic (exact) mass is 552 g/mol. The molecule has 1 aromatic rings. The summed E-state index contributed by atoms with van der Waals surface area (Å²) < 4.78 is 65.7.